The third-order valence-electron chi connectivity index (χ3n) is 2.42. The summed E-state index contributed by atoms with van der Waals surface area (Å²) < 4.78 is 0. The molecule has 0 aliphatic carbocycles. The Morgan fingerprint density at radius 2 is 1.92 bits per heavy atom. The molecule has 1 nitrogen and oxygen atoms in total. The van der Waals surface area contributed by atoms with Gasteiger partial charge < -0.3 is 0 Å². The standard InChI is InChI=1S/C11H13OP/c1-9-4-6-10(7-5-9)13-8-2-3-11(13)12/h4-7H,2-3,8H2,1H3. The molecule has 0 aromatic heterocycles. The van der Waals surface area contributed by atoms with Crippen LogP contribution in [-0.2, 0) is 4.79 Å². The molecular weight excluding hydrogens is 179 g/mol. The highest BCUT2D eigenvalue weighted by atomic mass is 31.1. The molecule has 2 heteroatoms. The summed E-state index contributed by atoms with van der Waals surface area (Å²) in [6, 6.07) is 8.43. The van der Waals surface area contributed by atoms with Gasteiger partial charge in [0.15, 0.2) is 5.52 Å². The Morgan fingerprint density at radius 1 is 1.23 bits per heavy atom. The lowest BCUT2D eigenvalue weighted by Gasteiger charge is -2.08. The Labute approximate surface area is 79.9 Å². The predicted octanol–water partition coefficient (Wildman–Crippen LogP) is 2.42. The van der Waals surface area contributed by atoms with E-state index in [2.05, 4.69) is 31.2 Å². The van der Waals surface area contributed by atoms with Gasteiger partial charge in [-0.05, 0) is 32.7 Å². The molecule has 1 aliphatic rings. The smallest absolute Gasteiger partial charge is 0.158 e. The normalized spacial score (nSPS) is 22.2. The fourth-order valence-electron chi connectivity index (χ4n) is 1.65. The number of benzene rings is 1. The second-order valence-electron chi connectivity index (χ2n) is 3.48. The van der Waals surface area contributed by atoms with Gasteiger partial charge in [0, 0.05) is 6.42 Å². The number of aryl methyl sites for hydroxylation is 1. The molecule has 1 saturated heterocycles. The minimum atomic E-state index is -0.453. The number of rotatable bonds is 1. The molecule has 2 rings (SSSR count). The third-order valence-corrected chi connectivity index (χ3v) is 4.93. The van der Waals surface area contributed by atoms with Gasteiger partial charge >= 0.3 is 0 Å². The molecule has 0 N–H and O–H groups in total. The first-order valence-electron chi connectivity index (χ1n) is 4.64. The monoisotopic (exact) mass is 192 g/mol. The summed E-state index contributed by atoms with van der Waals surface area (Å²) in [5.41, 5.74) is 1.75. The average Bonchev–Trinajstić information content (AvgIpc) is 2.53. The predicted molar refractivity (Wildman–Crippen MR) is 56.8 cm³/mol. The zero-order valence-corrected chi connectivity index (χ0v) is 8.68. The van der Waals surface area contributed by atoms with Gasteiger partial charge in [0.2, 0.25) is 0 Å². The van der Waals surface area contributed by atoms with E-state index >= 15 is 0 Å². The Bertz CT molecular complexity index is 315. The Morgan fingerprint density at radius 3 is 2.46 bits per heavy atom. The van der Waals surface area contributed by atoms with Crippen LogP contribution in [0.4, 0.5) is 0 Å². The van der Waals surface area contributed by atoms with Crippen molar-refractivity contribution < 1.29 is 4.79 Å². The van der Waals surface area contributed by atoms with Gasteiger partial charge in [0.05, 0.1) is 0 Å². The van der Waals surface area contributed by atoms with Crippen LogP contribution in [0, 0.1) is 6.92 Å². The van der Waals surface area contributed by atoms with Crippen molar-refractivity contribution in [3.63, 3.8) is 0 Å². The van der Waals surface area contributed by atoms with E-state index < -0.39 is 7.92 Å². The van der Waals surface area contributed by atoms with Crippen molar-refractivity contribution in [2.24, 2.45) is 0 Å². The van der Waals surface area contributed by atoms with Gasteiger partial charge in [-0.3, -0.25) is 4.79 Å². The van der Waals surface area contributed by atoms with Crippen molar-refractivity contribution in [2.45, 2.75) is 19.8 Å². The second kappa shape index (κ2) is 3.59. The molecule has 1 aliphatic heterocycles. The lowest BCUT2D eigenvalue weighted by Crippen LogP contribution is -2.04. The van der Waals surface area contributed by atoms with Crippen LogP contribution in [0.25, 0.3) is 0 Å². The summed E-state index contributed by atoms with van der Waals surface area (Å²) in [7, 11) is -0.453. The molecule has 0 radical (unpaired) electrons. The van der Waals surface area contributed by atoms with E-state index in [-0.39, 0.29) is 0 Å². The average molecular weight is 192 g/mol. The van der Waals surface area contributed by atoms with Crippen molar-refractivity contribution in [3.05, 3.63) is 29.8 Å². The molecule has 1 aromatic rings. The van der Waals surface area contributed by atoms with Gasteiger partial charge in [-0.1, -0.05) is 29.8 Å². The highest BCUT2D eigenvalue weighted by Gasteiger charge is 2.24. The highest BCUT2D eigenvalue weighted by Crippen LogP contribution is 2.43. The van der Waals surface area contributed by atoms with Crippen molar-refractivity contribution >= 4 is 18.8 Å². The summed E-state index contributed by atoms with van der Waals surface area (Å²) >= 11 is 0. The van der Waals surface area contributed by atoms with Gasteiger partial charge in [-0.15, -0.1) is 0 Å². The van der Waals surface area contributed by atoms with Crippen LogP contribution in [0.1, 0.15) is 18.4 Å². The van der Waals surface area contributed by atoms with E-state index in [9.17, 15) is 4.79 Å². The van der Waals surface area contributed by atoms with Crippen LogP contribution in [0.15, 0.2) is 24.3 Å². The fraction of sp³-hybridized carbons (Fsp3) is 0.364. The van der Waals surface area contributed by atoms with Crippen molar-refractivity contribution in [3.8, 4) is 0 Å². The maximum Gasteiger partial charge on any atom is 0.158 e. The van der Waals surface area contributed by atoms with Crippen LogP contribution in [0.3, 0.4) is 0 Å². The van der Waals surface area contributed by atoms with E-state index in [1.807, 2.05) is 0 Å². The minimum absolute atomic E-state index is 0.453. The minimum Gasteiger partial charge on any atom is -0.294 e. The molecule has 1 heterocycles. The fourth-order valence-corrected chi connectivity index (χ4v) is 3.85. The summed E-state index contributed by atoms with van der Waals surface area (Å²) in [5.74, 6) is 0. The van der Waals surface area contributed by atoms with Crippen LogP contribution < -0.4 is 5.30 Å². The lowest BCUT2D eigenvalue weighted by atomic mass is 10.2. The zero-order chi connectivity index (χ0) is 9.26. The van der Waals surface area contributed by atoms with Crippen LogP contribution in [0.2, 0.25) is 0 Å². The quantitative estimate of drug-likeness (QED) is 0.624. The number of carbonyl (C=O) groups excluding carboxylic acids is 1. The maximum absolute atomic E-state index is 11.5. The Hall–Kier alpha value is -0.680. The molecule has 0 amide bonds. The third kappa shape index (κ3) is 1.81. The maximum atomic E-state index is 11.5. The van der Waals surface area contributed by atoms with Gasteiger partial charge in [0.25, 0.3) is 0 Å². The molecule has 0 spiro atoms. The van der Waals surface area contributed by atoms with Crippen LogP contribution >= 0.6 is 7.92 Å². The molecule has 0 saturated carbocycles. The van der Waals surface area contributed by atoms with E-state index in [1.54, 1.807) is 0 Å². The van der Waals surface area contributed by atoms with E-state index in [4.69, 9.17) is 0 Å². The Kier molecular flexibility index (Phi) is 2.46. The van der Waals surface area contributed by atoms with Crippen LogP contribution in [-0.4, -0.2) is 11.7 Å². The second-order valence-corrected chi connectivity index (χ2v) is 5.80. The van der Waals surface area contributed by atoms with E-state index in [0.717, 1.165) is 19.0 Å². The first-order chi connectivity index (χ1) is 6.27. The van der Waals surface area contributed by atoms with E-state index in [0.29, 0.717) is 5.52 Å². The van der Waals surface area contributed by atoms with E-state index in [1.165, 1.54) is 10.9 Å². The highest BCUT2D eigenvalue weighted by molar-refractivity contribution is 7.81. The van der Waals surface area contributed by atoms with Gasteiger partial charge in [-0.25, -0.2) is 0 Å². The Balaban J connectivity index is 2.25. The molecular formula is C11H13OP. The summed E-state index contributed by atoms with van der Waals surface area (Å²) in [6.07, 6.45) is 3.01. The summed E-state index contributed by atoms with van der Waals surface area (Å²) in [6.45, 7) is 2.08. The molecule has 68 valence electrons. The van der Waals surface area contributed by atoms with Gasteiger partial charge in [-0.2, -0.15) is 0 Å². The molecule has 1 aromatic carbocycles. The first-order valence-corrected chi connectivity index (χ1v) is 6.17. The molecule has 1 fully saturated rings. The number of hydrogen-bond donors (Lipinski definition) is 0. The van der Waals surface area contributed by atoms with Crippen molar-refractivity contribution in [1.29, 1.82) is 0 Å². The molecule has 13 heavy (non-hydrogen) atoms. The first kappa shape index (κ1) is 8.90. The van der Waals surface area contributed by atoms with Gasteiger partial charge in [0.1, 0.15) is 0 Å². The van der Waals surface area contributed by atoms with Crippen molar-refractivity contribution in [1.82, 2.24) is 0 Å². The summed E-state index contributed by atoms with van der Waals surface area (Å²) in [4.78, 5) is 11.5. The number of hydrogen-bond acceptors (Lipinski definition) is 1. The largest absolute Gasteiger partial charge is 0.294 e. The summed E-state index contributed by atoms with van der Waals surface area (Å²) in [5, 5.41) is 1.27. The SMILES string of the molecule is Cc1ccc(P2CCCC2=O)cc1. The molecule has 1 unspecified atom stereocenters. The zero-order valence-electron chi connectivity index (χ0n) is 7.79. The topological polar surface area (TPSA) is 17.1 Å². The van der Waals surface area contributed by atoms with Crippen molar-refractivity contribution in [2.75, 3.05) is 6.16 Å². The molecule has 0 bridgehead atoms. The molecule has 1 atom stereocenters. The van der Waals surface area contributed by atoms with Crippen LogP contribution in [0.5, 0.6) is 0 Å². The number of carbonyl (C=O) groups is 1. The lowest BCUT2D eigenvalue weighted by molar-refractivity contribution is -0.110.